The van der Waals surface area contributed by atoms with Crippen LogP contribution in [0.15, 0.2) is 36.4 Å². The van der Waals surface area contributed by atoms with Crippen LogP contribution in [-0.2, 0) is 44.6 Å². The van der Waals surface area contributed by atoms with Crippen molar-refractivity contribution >= 4 is 29.7 Å². The van der Waals surface area contributed by atoms with Crippen LogP contribution in [0.4, 0.5) is 4.79 Å². The predicted octanol–water partition coefficient (Wildman–Crippen LogP) is 5.92. The van der Waals surface area contributed by atoms with E-state index in [1.54, 1.807) is 26.2 Å². The van der Waals surface area contributed by atoms with Gasteiger partial charge in [0.2, 0.25) is 5.91 Å². The minimum Gasteiger partial charge on any atom is -0.432 e. The number of aliphatic hydroxyl groups is 1. The number of aryl methyl sites for hydroxylation is 1. The lowest BCUT2D eigenvalue weighted by Crippen LogP contribution is -2.32. The molecule has 0 saturated carbocycles. The van der Waals surface area contributed by atoms with Crippen LogP contribution >= 0.6 is 0 Å². The summed E-state index contributed by atoms with van der Waals surface area (Å²) in [5, 5.41) is 11.6. The van der Waals surface area contributed by atoms with Crippen molar-refractivity contribution in [2.24, 2.45) is 0 Å². The van der Waals surface area contributed by atoms with Gasteiger partial charge in [-0.05, 0) is 73.8 Å². The normalized spacial score (nSPS) is 14.0. The number of nitrogens with one attached hydrogen (secondary N) is 1. The zero-order valence-corrected chi connectivity index (χ0v) is 32.0. The summed E-state index contributed by atoms with van der Waals surface area (Å²) in [4.78, 5) is 65.3. The van der Waals surface area contributed by atoms with Crippen LogP contribution in [0.5, 0.6) is 0 Å². The highest BCUT2D eigenvalue weighted by Gasteiger charge is 2.36. The van der Waals surface area contributed by atoms with Gasteiger partial charge in [-0.3, -0.25) is 24.0 Å². The van der Waals surface area contributed by atoms with Crippen molar-refractivity contribution in [3.05, 3.63) is 58.7 Å². The summed E-state index contributed by atoms with van der Waals surface area (Å²) >= 11 is 0. The average Bonchev–Trinajstić information content (AvgIpc) is 3.66. The van der Waals surface area contributed by atoms with Gasteiger partial charge in [-0.25, -0.2) is 4.79 Å². The summed E-state index contributed by atoms with van der Waals surface area (Å²) in [6, 6.07) is 11.3. The van der Waals surface area contributed by atoms with Crippen molar-refractivity contribution < 1.29 is 52.9 Å². The molecule has 1 heterocycles. The topological polar surface area (TPSA) is 167 Å². The Morgan fingerprint density at radius 3 is 2.26 bits per heavy atom. The van der Waals surface area contributed by atoms with E-state index < -0.39 is 18.0 Å². The second-order valence-electron chi connectivity index (χ2n) is 12.3. The molecule has 1 fully saturated rings. The molecule has 0 bridgehead atoms. The number of carbonyl (C=O) groups is 5. The number of Topliss-reactive ketones (excluding diaryl/α,β-unsaturated/α-hetero) is 1. The average molecular weight is 743 g/mol. The first-order valence-corrected chi connectivity index (χ1v) is 18.7. The first-order chi connectivity index (χ1) is 25.7. The minimum absolute atomic E-state index is 0.00477. The van der Waals surface area contributed by atoms with Crippen LogP contribution in [0.3, 0.4) is 0 Å². The second kappa shape index (κ2) is 25.7. The van der Waals surface area contributed by atoms with Crippen LogP contribution in [0.1, 0.15) is 112 Å². The summed E-state index contributed by atoms with van der Waals surface area (Å²) in [7, 11) is 1.70. The Labute approximate surface area is 313 Å². The van der Waals surface area contributed by atoms with Crippen LogP contribution in [-0.4, -0.2) is 99.7 Å². The van der Waals surface area contributed by atoms with Crippen molar-refractivity contribution in [3.63, 3.8) is 0 Å². The lowest BCUT2D eigenvalue weighted by atomic mass is 9.94. The van der Waals surface area contributed by atoms with Crippen molar-refractivity contribution in [1.82, 2.24) is 10.4 Å². The number of fused-ring (bicyclic) bond motifs is 3. The number of nitrogens with zero attached hydrogens (tertiary/aromatic N) is 1. The number of benzene rings is 2. The first-order valence-electron chi connectivity index (χ1n) is 18.7. The lowest BCUT2D eigenvalue weighted by Gasteiger charge is -2.17. The number of unbranched alkanes of at least 4 members (excludes halogenated alkanes) is 1. The van der Waals surface area contributed by atoms with Gasteiger partial charge in [0.15, 0.2) is 5.78 Å². The molecule has 2 aromatic rings. The number of ketones is 1. The Morgan fingerprint density at radius 2 is 1.62 bits per heavy atom. The zero-order valence-electron chi connectivity index (χ0n) is 32.0. The largest absolute Gasteiger partial charge is 0.533 e. The number of ether oxygens (including phenoxy) is 4. The summed E-state index contributed by atoms with van der Waals surface area (Å²) < 4.78 is 20.4. The van der Waals surface area contributed by atoms with Crippen molar-refractivity contribution in [1.29, 1.82) is 0 Å². The summed E-state index contributed by atoms with van der Waals surface area (Å²) in [5.74, 6) is -1.60. The Kier molecular flexibility index (Phi) is 21.9. The van der Waals surface area contributed by atoms with E-state index >= 15 is 0 Å². The number of imide groups is 1. The fourth-order valence-corrected chi connectivity index (χ4v) is 5.68. The maximum Gasteiger partial charge on any atom is 0.533 e. The summed E-state index contributed by atoms with van der Waals surface area (Å²) in [6.07, 6.45) is 3.98. The fourth-order valence-electron chi connectivity index (χ4n) is 5.68. The van der Waals surface area contributed by atoms with Gasteiger partial charge in [0.1, 0.15) is 6.61 Å². The molecular weight excluding hydrogens is 684 g/mol. The highest BCUT2D eigenvalue weighted by atomic mass is 16.8. The molecule has 1 aliphatic carbocycles. The Morgan fingerprint density at radius 1 is 0.887 bits per heavy atom. The summed E-state index contributed by atoms with van der Waals surface area (Å²) in [5.41, 5.74) is 4.93. The number of hydrogen-bond acceptors (Lipinski definition) is 11. The molecule has 294 valence electrons. The molecule has 13 heteroatoms. The second-order valence-corrected chi connectivity index (χ2v) is 12.3. The molecule has 1 atom stereocenters. The van der Waals surface area contributed by atoms with E-state index in [9.17, 15) is 24.0 Å². The third-order valence-electron chi connectivity index (χ3n) is 8.29. The van der Waals surface area contributed by atoms with Crippen molar-refractivity contribution in [2.45, 2.75) is 91.4 Å². The molecule has 2 aromatic carbocycles. The molecule has 1 unspecified atom stereocenters. The Bertz CT molecular complexity index is 1430. The number of hydroxylamine groups is 2. The van der Waals surface area contributed by atoms with Crippen molar-refractivity contribution in [3.8, 4) is 11.1 Å². The number of methoxy groups -OCH3 is 1. The van der Waals surface area contributed by atoms with Gasteiger partial charge in [0, 0.05) is 90.5 Å². The van der Waals surface area contributed by atoms with E-state index in [4.69, 9.17) is 28.9 Å². The standard InChI is InChI=1S/C27H28N2O7.C7H16O2.C6H14O2/c1-3-22(30)19-7-5-6-17-21(15-35-27(34)36-29-24(32)12-13-25(29)33)20-14-16(8-10-18(20)26(17)19)9-11-23(31)28-4-2;1-2-6-9-7-4-3-5-8;1-3-8-6-4-5-7-2/h5-8,10,14,21H,3-4,9,11-13,15H2,1-2H3,(H,28,31);8H,2-7H2,1H3;3-6H2,1-2H3. The monoisotopic (exact) mass is 742 g/mol. The number of carbonyl (C=O) groups excluding carboxylic acids is 5. The van der Waals surface area contributed by atoms with Gasteiger partial charge in [-0.2, -0.15) is 0 Å². The fraction of sp³-hybridized carbons (Fsp3) is 0.575. The van der Waals surface area contributed by atoms with E-state index in [0.717, 1.165) is 86.5 Å². The molecule has 13 nitrogen and oxygen atoms in total. The van der Waals surface area contributed by atoms with Gasteiger partial charge >= 0.3 is 6.16 Å². The molecular formula is C40H58N2O11. The number of hydrogen-bond donors (Lipinski definition) is 2. The number of aliphatic hydroxyl groups excluding tert-OH is 1. The van der Waals surface area contributed by atoms with Crippen molar-refractivity contribution in [2.75, 3.05) is 59.9 Å². The molecule has 53 heavy (non-hydrogen) atoms. The molecule has 3 amide bonds. The van der Waals surface area contributed by atoms with Crippen LogP contribution in [0.2, 0.25) is 0 Å². The van der Waals surface area contributed by atoms with E-state index in [1.807, 2.05) is 38.1 Å². The van der Waals surface area contributed by atoms with E-state index in [1.165, 1.54) is 0 Å². The zero-order chi connectivity index (χ0) is 39.0. The number of amides is 3. The molecule has 2 aliphatic rings. The molecule has 1 aliphatic heterocycles. The van der Waals surface area contributed by atoms with E-state index in [-0.39, 0.29) is 43.7 Å². The Balaban J connectivity index is 0.000000474. The summed E-state index contributed by atoms with van der Waals surface area (Å²) in [6.45, 7) is 12.6. The quantitative estimate of drug-likeness (QED) is 0.0715. The highest BCUT2D eigenvalue weighted by molar-refractivity contribution is 6.04. The van der Waals surface area contributed by atoms with Gasteiger partial charge < -0.3 is 29.4 Å². The maximum atomic E-state index is 12.7. The van der Waals surface area contributed by atoms with E-state index in [0.29, 0.717) is 36.4 Å². The van der Waals surface area contributed by atoms with Gasteiger partial charge in [-0.15, -0.1) is 0 Å². The lowest BCUT2D eigenvalue weighted by molar-refractivity contribution is -0.177. The van der Waals surface area contributed by atoms with Gasteiger partial charge in [0.25, 0.3) is 11.8 Å². The predicted molar refractivity (Wildman–Crippen MR) is 199 cm³/mol. The maximum absolute atomic E-state index is 12.7. The molecule has 0 radical (unpaired) electrons. The first kappa shape index (κ1) is 45.0. The van der Waals surface area contributed by atoms with Crippen LogP contribution < -0.4 is 5.32 Å². The molecule has 0 aromatic heterocycles. The van der Waals surface area contributed by atoms with Gasteiger partial charge in [-0.1, -0.05) is 55.3 Å². The minimum atomic E-state index is -1.15. The third kappa shape index (κ3) is 15.0. The SMILES string of the molecule is CCCOCCCCO.CCNC(=O)CCc1ccc2c(c1)C(COC(=O)ON1C(=O)CCC1=O)c1cccc(C(=O)CC)c1-2.CCOCCCOC. The Hall–Kier alpha value is -4.17. The molecule has 4 rings (SSSR count). The number of rotatable bonds is 20. The van der Waals surface area contributed by atoms with Crippen LogP contribution in [0.25, 0.3) is 11.1 Å². The molecule has 2 N–H and O–H groups in total. The molecule has 1 saturated heterocycles. The van der Waals surface area contributed by atoms with Crippen LogP contribution in [0, 0.1) is 0 Å². The third-order valence-corrected chi connectivity index (χ3v) is 8.29. The highest BCUT2D eigenvalue weighted by Crippen LogP contribution is 2.47. The molecule has 0 spiro atoms. The smallest absolute Gasteiger partial charge is 0.432 e. The van der Waals surface area contributed by atoms with Gasteiger partial charge in [0.05, 0.1) is 0 Å². The van der Waals surface area contributed by atoms with E-state index in [2.05, 4.69) is 12.2 Å².